The quantitative estimate of drug-likeness (QED) is 0.567. The fourth-order valence-electron chi connectivity index (χ4n) is 3.91. The summed E-state index contributed by atoms with van der Waals surface area (Å²) in [5.41, 5.74) is 0.0811. The second-order valence-electron chi connectivity index (χ2n) is 10.5. The van der Waals surface area contributed by atoms with Crippen LogP contribution in [0.1, 0.15) is 39.2 Å². The lowest BCUT2D eigenvalue weighted by atomic mass is 9.78. The average molecular weight is 512 g/mol. The Labute approximate surface area is 218 Å². The molecule has 0 atom stereocenters. The van der Waals surface area contributed by atoms with E-state index in [1.54, 1.807) is 43.3 Å². The van der Waals surface area contributed by atoms with Gasteiger partial charge >= 0.3 is 12.2 Å². The van der Waals surface area contributed by atoms with Gasteiger partial charge in [-0.15, -0.1) is 0 Å². The first kappa shape index (κ1) is 28.0. The maximum atomic E-state index is 13.6. The molecule has 1 aliphatic heterocycles. The number of likely N-dealkylation sites (tertiary alicyclic amines) is 1. The first-order chi connectivity index (χ1) is 17.5. The smallest absolute Gasteiger partial charge is 0.414 e. The maximum absolute atomic E-state index is 13.6. The Hall–Kier alpha value is -3.59. The number of rotatable bonds is 7. The highest BCUT2D eigenvalue weighted by molar-refractivity contribution is 5.96. The second-order valence-corrected chi connectivity index (χ2v) is 10.5. The van der Waals surface area contributed by atoms with Crippen LogP contribution in [0.5, 0.6) is 5.75 Å². The summed E-state index contributed by atoms with van der Waals surface area (Å²) >= 11 is 0. The molecule has 2 aromatic carbocycles. The molecule has 0 aliphatic carbocycles. The van der Waals surface area contributed by atoms with Gasteiger partial charge < -0.3 is 29.3 Å². The lowest BCUT2D eigenvalue weighted by Crippen LogP contribution is -2.51. The van der Waals surface area contributed by atoms with Gasteiger partial charge in [-0.1, -0.05) is 36.4 Å². The Kier molecular flexibility index (Phi) is 9.15. The van der Waals surface area contributed by atoms with Gasteiger partial charge in [0.05, 0.1) is 18.6 Å². The van der Waals surface area contributed by atoms with Crippen LogP contribution >= 0.6 is 0 Å². The van der Waals surface area contributed by atoms with E-state index in [0.29, 0.717) is 44.0 Å². The molecule has 0 bridgehead atoms. The number of piperidine rings is 1. The summed E-state index contributed by atoms with van der Waals surface area (Å²) < 4.78 is 16.9. The van der Waals surface area contributed by atoms with E-state index in [2.05, 4.69) is 5.32 Å². The molecule has 0 spiro atoms. The van der Waals surface area contributed by atoms with Crippen LogP contribution in [-0.2, 0) is 20.9 Å². The molecule has 3 amide bonds. The zero-order chi connectivity index (χ0) is 27.1. The molecule has 200 valence electrons. The van der Waals surface area contributed by atoms with Gasteiger partial charge in [0.15, 0.2) is 0 Å². The third kappa shape index (κ3) is 8.21. The van der Waals surface area contributed by atoms with Crippen molar-refractivity contribution in [3.05, 3.63) is 60.2 Å². The molecule has 3 rings (SSSR count). The van der Waals surface area contributed by atoms with Crippen molar-refractivity contribution in [1.82, 2.24) is 9.80 Å². The van der Waals surface area contributed by atoms with Crippen molar-refractivity contribution in [3.8, 4) is 5.75 Å². The lowest BCUT2D eigenvalue weighted by Gasteiger charge is -2.40. The van der Waals surface area contributed by atoms with Crippen LogP contribution < -0.4 is 10.1 Å². The number of nitrogens with zero attached hydrogens (tertiary/aromatic N) is 2. The molecular formula is C28H37N3O6. The number of benzene rings is 2. The van der Waals surface area contributed by atoms with E-state index in [1.165, 1.54) is 4.90 Å². The minimum Gasteiger partial charge on any atom is -0.444 e. The van der Waals surface area contributed by atoms with E-state index in [0.717, 1.165) is 5.56 Å². The van der Waals surface area contributed by atoms with Crippen LogP contribution in [0.2, 0.25) is 0 Å². The number of carbonyl (C=O) groups excluding carboxylic acids is 3. The highest BCUT2D eigenvalue weighted by atomic mass is 16.6. The molecule has 0 saturated carbocycles. The van der Waals surface area contributed by atoms with Crippen molar-refractivity contribution in [2.75, 3.05) is 39.1 Å². The summed E-state index contributed by atoms with van der Waals surface area (Å²) in [6.45, 7) is 6.80. The standard InChI is InChI=1S/C28H37N3O6/c1-27(2,3)37-26(34)31-16-14-28(15-17-31,20-35-19-21-10-7-6-8-11-21)24(32)29-22-12-9-13-23(18-22)36-25(33)30(4)5/h6-13,18H,14-17,19-20H2,1-5H3,(H,29,32). The second kappa shape index (κ2) is 12.1. The van der Waals surface area contributed by atoms with Crippen LogP contribution in [0.4, 0.5) is 15.3 Å². The minimum absolute atomic E-state index is 0.200. The molecule has 1 aliphatic rings. The molecule has 9 heteroatoms. The molecule has 0 unspecified atom stereocenters. The summed E-state index contributed by atoms with van der Waals surface area (Å²) in [4.78, 5) is 41.1. The first-order valence-corrected chi connectivity index (χ1v) is 12.4. The maximum Gasteiger partial charge on any atom is 0.414 e. The van der Waals surface area contributed by atoms with Crippen molar-refractivity contribution in [2.45, 2.75) is 45.8 Å². The zero-order valence-corrected chi connectivity index (χ0v) is 22.3. The molecule has 1 fully saturated rings. The van der Waals surface area contributed by atoms with E-state index < -0.39 is 17.1 Å². The highest BCUT2D eigenvalue weighted by Crippen LogP contribution is 2.35. The molecule has 37 heavy (non-hydrogen) atoms. The minimum atomic E-state index is -0.844. The Morgan fingerprint density at radius 2 is 1.68 bits per heavy atom. The third-order valence-corrected chi connectivity index (χ3v) is 6.01. The van der Waals surface area contributed by atoms with Crippen LogP contribution in [0, 0.1) is 5.41 Å². The SMILES string of the molecule is CN(C)C(=O)Oc1cccc(NC(=O)C2(COCc3ccccc3)CCN(C(=O)OC(C)(C)C)CC2)c1. The number of hydrogen-bond donors (Lipinski definition) is 1. The van der Waals surface area contributed by atoms with E-state index in [9.17, 15) is 14.4 Å². The predicted molar refractivity (Wildman–Crippen MR) is 140 cm³/mol. The largest absolute Gasteiger partial charge is 0.444 e. The van der Waals surface area contributed by atoms with Crippen molar-refractivity contribution in [1.29, 1.82) is 0 Å². The van der Waals surface area contributed by atoms with Crippen LogP contribution in [-0.4, -0.2) is 67.3 Å². The van der Waals surface area contributed by atoms with Gasteiger partial charge in [-0.05, 0) is 51.3 Å². The van der Waals surface area contributed by atoms with Gasteiger partial charge in [-0.2, -0.15) is 0 Å². The van der Waals surface area contributed by atoms with Crippen molar-refractivity contribution < 1.29 is 28.6 Å². The Bertz CT molecular complexity index is 1070. The molecule has 2 aromatic rings. The Morgan fingerprint density at radius 3 is 2.30 bits per heavy atom. The third-order valence-electron chi connectivity index (χ3n) is 6.01. The fraction of sp³-hybridized carbons (Fsp3) is 0.464. The lowest BCUT2D eigenvalue weighted by molar-refractivity contribution is -0.133. The topological polar surface area (TPSA) is 97.4 Å². The molecule has 0 radical (unpaired) electrons. The van der Waals surface area contributed by atoms with Crippen molar-refractivity contribution in [3.63, 3.8) is 0 Å². The molecule has 1 N–H and O–H groups in total. The summed E-state index contributed by atoms with van der Waals surface area (Å²) in [5, 5.41) is 2.97. The van der Waals surface area contributed by atoms with Gasteiger partial charge in [0.25, 0.3) is 0 Å². The number of hydrogen-bond acceptors (Lipinski definition) is 6. The number of amides is 3. The van der Waals surface area contributed by atoms with E-state index in [1.807, 2.05) is 51.1 Å². The van der Waals surface area contributed by atoms with Gasteiger partial charge in [0.2, 0.25) is 5.91 Å². The van der Waals surface area contributed by atoms with E-state index >= 15 is 0 Å². The summed E-state index contributed by atoms with van der Waals surface area (Å²) in [6.07, 6.45) is -0.0597. The normalized spacial score (nSPS) is 15.0. The molecule has 1 heterocycles. The van der Waals surface area contributed by atoms with Gasteiger partial charge in [-0.25, -0.2) is 9.59 Å². The van der Waals surface area contributed by atoms with Gasteiger partial charge in [-0.3, -0.25) is 4.79 Å². The van der Waals surface area contributed by atoms with Gasteiger partial charge in [0.1, 0.15) is 11.4 Å². The number of ether oxygens (including phenoxy) is 3. The van der Waals surface area contributed by atoms with Gasteiger partial charge in [0, 0.05) is 38.9 Å². The van der Waals surface area contributed by atoms with E-state index in [-0.39, 0.29) is 18.6 Å². The average Bonchev–Trinajstić information content (AvgIpc) is 2.84. The Balaban J connectivity index is 1.72. The predicted octanol–water partition coefficient (Wildman–Crippen LogP) is 4.92. The van der Waals surface area contributed by atoms with Crippen molar-refractivity contribution in [2.24, 2.45) is 5.41 Å². The summed E-state index contributed by atoms with van der Waals surface area (Å²) in [5.74, 6) is 0.117. The van der Waals surface area contributed by atoms with Crippen molar-refractivity contribution >= 4 is 23.8 Å². The van der Waals surface area contributed by atoms with Crippen LogP contribution in [0.25, 0.3) is 0 Å². The molecule has 9 nitrogen and oxygen atoms in total. The summed E-state index contributed by atoms with van der Waals surface area (Å²) in [7, 11) is 3.19. The zero-order valence-electron chi connectivity index (χ0n) is 22.3. The molecular weight excluding hydrogens is 474 g/mol. The Morgan fingerprint density at radius 1 is 1.00 bits per heavy atom. The van der Waals surface area contributed by atoms with Crippen LogP contribution in [0.3, 0.4) is 0 Å². The van der Waals surface area contributed by atoms with Crippen LogP contribution in [0.15, 0.2) is 54.6 Å². The molecule has 1 saturated heterocycles. The molecule has 0 aromatic heterocycles. The van der Waals surface area contributed by atoms with E-state index in [4.69, 9.17) is 14.2 Å². The number of carbonyl (C=O) groups is 3. The fourth-order valence-corrected chi connectivity index (χ4v) is 3.91. The number of nitrogens with one attached hydrogen (secondary N) is 1. The highest BCUT2D eigenvalue weighted by Gasteiger charge is 2.43. The number of anilines is 1. The summed E-state index contributed by atoms with van der Waals surface area (Å²) in [6, 6.07) is 16.5. The first-order valence-electron chi connectivity index (χ1n) is 12.4. The monoisotopic (exact) mass is 511 g/mol.